The normalized spacial score (nSPS) is 33.2. The lowest BCUT2D eigenvalue weighted by atomic mass is 9.86. The molecule has 2 aliphatic heterocycles. The zero-order valence-corrected chi connectivity index (χ0v) is 10.3. The van der Waals surface area contributed by atoms with Crippen molar-refractivity contribution in [3.8, 4) is 11.8 Å². The maximum atomic E-state index is 12.0. The number of rotatable bonds is 2. The van der Waals surface area contributed by atoms with Crippen molar-refractivity contribution in [2.75, 3.05) is 7.05 Å². The summed E-state index contributed by atoms with van der Waals surface area (Å²) in [6, 6.07) is 1.32. The van der Waals surface area contributed by atoms with Crippen molar-refractivity contribution in [2.45, 2.75) is 57.5 Å². The van der Waals surface area contributed by atoms with Gasteiger partial charge in [-0.3, -0.25) is 4.79 Å². The van der Waals surface area contributed by atoms with Gasteiger partial charge >= 0.3 is 0 Å². The summed E-state index contributed by atoms with van der Waals surface area (Å²) in [5, 5.41) is 0. The first-order valence-corrected chi connectivity index (χ1v) is 6.42. The van der Waals surface area contributed by atoms with Gasteiger partial charge in [0.15, 0.2) is 0 Å². The first-order valence-electron chi connectivity index (χ1n) is 6.42. The maximum Gasteiger partial charge on any atom is 0.147 e. The first kappa shape index (κ1) is 11.7. The molecule has 2 atom stereocenters. The van der Waals surface area contributed by atoms with Gasteiger partial charge in [-0.05, 0) is 32.7 Å². The van der Waals surface area contributed by atoms with Crippen LogP contribution < -0.4 is 0 Å². The van der Waals surface area contributed by atoms with E-state index < -0.39 is 0 Å². The topological polar surface area (TPSA) is 20.3 Å². The van der Waals surface area contributed by atoms with Crippen molar-refractivity contribution < 1.29 is 4.79 Å². The van der Waals surface area contributed by atoms with E-state index in [9.17, 15) is 4.79 Å². The molecule has 2 saturated heterocycles. The Hall–Kier alpha value is -0.810. The van der Waals surface area contributed by atoms with E-state index >= 15 is 0 Å². The first-order chi connectivity index (χ1) is 7.72. The highest BCUT2D eigenvalue weighted by molar-refractivity contribution is 5.83. The number of hydrogen-bond donors (Lipinski definition) is 0. The minimum absolute atomic E-state index is 0.292. The lowest BCUT2D eigenvalue weighted by Crippen LogP contribution is -2.41. The Kier molecular flexibility index (Phi) is 3.66. The largest absolute Gasteiger partial charge is 0.300 e. The molecule has 0 aromatic rings. The number of nitrogens with zero attached hydrogens (tertiary/aromatic N) is 1. The standard InChI is InChI=1S/C14H21NO/c1-3-4-5-6-14(16)11-9-12-7-8-13(10-11)15(12)2/h11-13H,3,6-10H2,1-2H3. The third kappa shape index (κ3) is 2.30. The Bertz CT molecular complexity index is 311. The monoisotopic (exact) mass is 219 g/mol. The zero-order valence-electron chi connectivity index (χ0n) is 10.3. The Labute approximate surface area is 98.4 Å². The summed E-state index contributed by atoms with van der Waals surface area (Å²) >= 11 is 0. The van der Waals surface area contributed by atoms with Crippen molar-refractivity contribution in [3.63, 3.8) is 0 Å². The van der Waals surface area contributed by atoms with Gasteiger partial charge in [-0.15, -0.1) is 5.92 Å². The summed E-state index contributed by atoms with van der Waals surface area (Å²) in [5.41, 5.74) is 0. The van der Waals surface area contributed by atoms with Crippen LogP contribution in [0.2, 0.25) is 0 Å². The molecule has 2 fully saturated rings. The van der Waals surface area contributed by atoms with Crippen LogP contribution in [-0.2, 0) is 4.79 Å². The average molecular weight is 219 g/mol. The molecule has 88 valence electrons. The second kappa shape index (κ2) is 5.01. The highest BCUT2D eigenvalue weighted by atomic mass is 16.1. The molecule has 2 aliphatic rings. The zero-order chi connectivity index (χ0) is 11.5. The van der Waals surface area contributed by atoms with Crippen LogP contribution in [0.15, 0.2) is 0 Å². The molecule has 0 spiro atoms. The van der Waals surface area contributed by atoms with Crippen LogP contribution >= 0.6 is 0 Å². The van der Waals surface area contributed by atoms with E-state index in [4.69, 9.17) is 0 Å². The minimum atomic E-state index is 0.292. The van der Waals surface area contributed by atoms with Crippen LogP contribution in [0.1, 0.15) is 45.4 Å². The van der Waals surface area contributed by atoms with Crippen LogP contribution in [0.3, 0.4) is 0 Å². The van der Waals surface area contributed by atoms with E-state index in [-0.39, 0.29) is 0 Å². The highest BCUT2D eigenvalue weighted by Crippen LogP contribution is 2.37. The van der Waals surface area contributed by atoms with E-state index in [2.05, 4.69) is 23.8 Å². The third-order valence-electron chi connectivity index (χ3n) is 4.12. The number of carbonyl (C=O) groups is 1. The Morgan fingerprint density at radius 2 is 1.88 bits per heavy atom. The van der Waals surface area contributed by atoms with Gasteiger partial charge in [-0.25, -0.2) is 0 Å². The minimum Gasteiger partial charge on any atom is -0.300 e. The Morgan fingerprint density at radius 3 is 2.44 bits per heavy atom. The predicted molar refractivity (Wildman–Crippen MR) is 65.0 cm³/mol. The van der Waals surface area contributed by atoms with E-state index in [1.165, 1.54) is 12.8 Å². The summed E-state index contributed by atoms with van der Waals surface area (Å²) in [6.45, 7) is 2.02. The van der Waals surface area contributed by atoms with Gasteiger partial charge in [0, 0.05) is 24.4 Å². The summed E-state index contributed by atoms with van der Waals surface area (Å²) < 4.78 is 0. The molecule has 2 heterocycles. The molecular formula is C14H21NO. The molecule has 0 radical (unpaired) electrons. The van der Waals surface area contributed by atoms with Gasteiger partial charge in [-0.2, -0.15) is 0 Å². The molecule has 2 rings (SSSR count). The SMILES string of the molecule is CCC#CCC(=O)C1CC2CCC(C1)N2C. The quantitative estimate of drug-likeness (QED) is 0.664. The second-order valence-corrected chi connectivity index (χ2v) is 5.07. The van der Waals surface area contributed by atoms with Crippen LogP contribution in [0.25, 0.3) is 0 Å². The summed E-state index contributed by atoms with van der Waals surface area (Å²) in [7, 11) is 2.21. The second-order valence-electron chi connectivity index (χ2n) is 5.07. The number of hydrogen-bond acceptors (Lipinski definition) is 2. The molecule has 0 amide bonds. The van der Waals surface area contributed by atoms with E-state index in [0.717, 1.165) is 19.3 Å². The smallest absolute Gasteiger partial charge is 0.147 e. The van der Waals surface area contributed by atoms with Gasteiger partial charge in [0.25, 0.3) is 0 Å². The van der Waals surface area contributed by atoms with Crippen molar-refractivity contribution in [1.29, 1.82) is 0 Å². The van der Waals surface area contributed by atoms with Crippen molar-refractivity contribution in [1.82, 2.24) is 4.90 Å². The van der Waals surface area contributed by atoms with Gasteiger partial charge in [0.2, 0.25) is 0 Å². The summed E-state index contributed by atoms with van der Waals surface area (Å²) in [5.74, 6) is 6.64. The summed E-state index contributed by atoms with van der Waals surface area (Å²) in [4.78, 5) is 14.5. The van der Waals surface area contributed by atoms with Crippen molar-refractivity contribution in [3.05, 3.63) is 0 Å². The number of piperidine rings is 1. The number of ketones is 1. The van der Waals surface area contributed by atoms with Crippen LogP contribution in [-0.4, -0.2) is 29.8 Å². The number of fused-ring (bicyclic) bond motifs is 2. The fraction of sp³-hybridized carbons (Fsp3) is 0.786. The molecule has 2 heteroatoms. The van der Waals surface area contributed by atoms with Crippen LogP contribution in [0.5, 0.6) is 0 Å². The molecule has 0 aromatic heterocycles. The number of Topliss-reactive ketones (excluding diaryl/α,β-unsaturated/α-hetero) is 1. The lowest BCUT2D eigenvalue weighted by molar-refractivity contribution is -0.124. The van der Waals surface area contributed by atoms with Gasteiger partial charge < -0.3 is 4.90 Å². The Balaban J connectivity index is 1.90. The molecule has 0 saturated carbocycles. The molecule has 2 nitrogen and oxygen atoms in total. The summed E-state index contributed by atoms with van der Waals surface area (Å²) in [6.07, 6.45) is 6.03. The van der Waals surface area contributed by atoms with Crippen molar-refractivity contribution in [2.24, 2.45) is 5.92 Å². The molecule has 0 aliphatic carbocycles. The molecule has 0 N–H and O–H groups in total. The van der Waals surface area contributed by atoms with E-state index in [0.29, 0.717) is 30.2 Å². The van der Waals surface area contributed by atoms with Gasteiger partial charge in [0.05, 0.1) is 6.42 Å². The average Bonchev–Trinajstić information content (AvgIpc) is 2.53. The number of carbonyl (C=O) groups excluding carboxylic acids is 1. The molecule has 2 unspecified atom stereocenters. The van der Waals surface area contributed by atoms with Gasteiger partial charge in [-0.1, -0.05) is 12.8 Å². The third-order valence-corrected chi connectivity index (χ3v) is 4.12. The predicted octanol–water partition coefficient (Wildman–Crippen LogP) is 2.23. The highest BCUT2D eigenvalue weighted by Gasteiger charge is 2.40. The van der Waals surface area contributed by atoms with Crippen LogP contribution in [0.4, 0.5) is 0 Å². The fourth-order valence-electron chi connectivity index (χ4n) is 3.09. The fourth-order valence-corrected chi connectivity index (χ4v) is 3.09. The van der Waals surface area contributed by atoms with Crippen LogP contribution in [0, 0.1) is 17.8 Å². The van der Waals surface area contributed by atoms with E-state index in [1.807, 2.05) is 6.92 Å². The Morgan fingerprint density at radius 1 is 1.25 bits per heavy atom. The van der Waals surface area contributed by atoms with Crippen molar-refractivity contribution >= 4 is 5.78 Å². The van der Waals surface area contributed by atoms with E-state index in [1.54, 1.807) is 0 Å². The molecule has 2 bridgehead atoms. The lowest BCUT2D eigenvalue weighted by Gasteiger charge is -2.35. The molecule has 16 heavy (non-hydrogen) atoms. The molecular weight excluding hydrogens is 198 g/mol. The van der Waals surface area contributed by atoms with Gasteiger partial charge in [0.1, 0.15) is 5.78 Å². The molecule has 0 aromatic carbocycles. The maximum absolute atomic E-state index is 12.0.